The van der Waals surface area contributed by atoms with Gasteiger partial charge >= 0.3 is 0 Å². The van der Waals surface area contributed by atoms with Crippen LogP contribution in [0.4, 0.5) is 5.88 Å². The van der Waals surface area contributed by atoms with Crippen molar-refractivity contribution >= 4 is 23.9 Å². The van der Waals surface area contributed by atoms with Crippen LogP contribution in [0.5, 0.6) is 5.75 Å². The van der Waals surface area contributed by atoms with Gasteiger partial charge in [0.1, 0.15) is 11.8 Å². The van der Waals surface area contributed by atoms with Crippen LogP contribution in [0.25, 0.3) is 12.2 Å². The van der Waals surface area contributed by atoms with Crippen molar-refractivity contribution in [3.05, 3.63) is 41.4 Å². The number of nitrogens with zero attached hydrogens (tertiary/aromatic N) is 3. The van der Waals surface area contributed by atoms with Gasteiger partial charge in [-0.15, -0.1) is 0 Å². The molecule has 1 saturated heterocycles. The molecule has 0 radical (unpaired) electrons. The van der Waals surface area contributed by atoms with Crippen molar-refractivity contribution in [2.75, 3.05) is 25.1 Å². The van der Waals surface area contributed by atoms with Crippen LogP contribution in [-0.2, 0) is 4.79 Å². The highest BCUT2D eigenvalue weighted by atomic mass is 16.5. The summed E-state index contributed by atoms with van der Waals surface area (Å²) in [5.41, 5.74) is 6.54. The molecule has 1 aliphatic rings. The Kier molecular flexibility index (Phi) is 5.23. The molecule has 1 aromatic carbocycles. The fourth-order valence-electron chi connectivity index (χ4n) is 2.97. The Bertz CT molecular complexity index is 858. The van der Waals surface area contributed by atoms with Crippen LogP contribution in [0.2, 0.25) is 0 Å². The third-order valence-corrected chi connectivity index (χ3v) is 4.43. The van der Waals surface area contributed by atoms with Gasteiger partial charge in [0, 0.05) is 25.1 Å². The normalized spacial score (nSPS) is 15.2. The Labute approximate surface area is 151 Å². The molecule has 0 unspecified atom stereocenters. The van der Waals surface area contributed by atoms with Crippen molar-refractivity contribution in [1.29, 1.82) is 5.26 Å². The number of nitrogens with two attached hydrogens (primary N) is 1. The topological polar surface area (TPSA) is 105 Å². The predicted octanol–water partition coefficient (Wildman–Crippen LogP) is 2.43. The Morgan fingerprint density at radius 1 is 1.42 bits per heavy atom. The van der Waals surface area contributed by atoms with E-state index >= 15 is 0 Å². The highest BCUT2D eigenvalue weighted by Crippen LogP contribution is 2.28. The van der Waals surface area contributed by atoms with Crippen molar-refractivity contribution in [1.82, 2.24) is 4.98 Å². The van der Waals surface area contributed by atoms with E-state index < -0.39 is 0 Å². The Balaban J connectivity index is 1.76. The SMILES string of the molecule is COc1cccc(/C=C/c2nc(C#N)c(N3CCC(C(N)=O)CC3)o2)c1. The maximum atomic E-state index is 11.3. The summed E-state index contributed by atoms with van der Waals surface area (Å²) in [4.78, 5) is 17.5. The van der Waals surface area contributed by atoms with E-state index in [1.165, 1.54) is 0 Å². The average molecular weight is 352 g/mol. The van der Waals surface area contributed by atoms with Crippen LogP contribution >= 0.6 is 0 Å². The maximum Gasteiger partial charge on any atom is 0.235 e. The first-order chi connectivity index (χ1) is 12.6. The average Bonchev–Trinajstić information content (AvgIpc) is 3.10. The first-order valence-electron chi connectivity index (χ1n) is 8.38. The molecule has 0 atom stereocenters. The summed E-state index contributed by atoms with van der Waals surface area (Å²) >= 11 is 0. The van der Waals surface area contributed by atoms with Gasteiger partial charge in [-0.1, -0.05) is 12.1 Å². The number of anilines is 1. The van der Waals surface area contributed by atoms with Crippen LogP contribution in [0.1, 0.15) is 30.0 Å². The van der Waals surface area contributed by atoms with Gasteiger partial charge < -0.3 is 19.8 Å². The second kappa shape index (κ2) is 7.74. The van der Waals surface area contributed by atoms with Gasteiger partial charge in [0.05, 0.1) is 7.11 Å². The second-order valence-electron chi connectivity index (χ2n) is 6.09. The lowest BCUT2D eigenvalue weighted by Crippen LogP contribution is -2.38. The number of hydrogen-bond donors (Lipinski definition) is 1. The van der Waals surface area contributed by atoms with E-state index in [1.54, 1.807) is 13.2 Å². The zero-order valence-electron chi connectivity index (χ0n) is 14.5. The molecule has 2 aromatic rings. The zero-order valence-corrected chi connectivity index (χ0v) is 14.5. The monoisotopic (exact) mass is 352 g/mol. The van der Waals surface area contributed by atoms with Crippen LogP contribution < -0.4 is 15.4 Å². The minimum Gasteiger partial charge on any atom is -0.497 e. The van der Waals surface area contributed by atoms with Gasteiger partial charge in [0.25, 0.3) is 0 Å². The lowest BCUT2D eigenvalue weighted by Gasteiger charge is -2.30. The maximum absolute atomic E-state index is 11.3. The lowest BCUT2D eigenvalue weighted by molar-refractivity contribution is -0.122. The van der Waals surface area contributed by atoms with Crippen molar-refractivity contribution in [3.8, 4) is 11.8 Å². The molecule has 7 heteroatoms. The van der Waals surface area contributed by atoms with Crippen LogP contribution in [0.3, 0.4) is 0 Å². The number of hydrogen-bond acceptors (Lipinski definition) is 6. The van der Waals surface area contributed by atoms with Crippen LogP contribution in [0, 0.1) is 17.2 Å². The first kappa shape index (κ1) is 17.5. The largest absolute Gasteiger partial charge is 0.497 e. The van der Waals surface area contributed by atoms with E-state index in [0.717, 1.165) is 11.3 Å². The number of primary amides is 1. The number of carbonyl (C=O) groups is 1. The van der Waals surface area contributed by atoms with E-state index in [1.807, 2.05) is 35.2 Å². The molecule has 26 heavy (non-hydrogen) atoms. The number of aromatic nitrogens is 1. The first-order valence-corrected chi connectivity index (χ1v) is 8.38. The molecule has 1 amide bonds. The molecule has 0 saturated carbocycles. The van der Waals surface area contributed by atoms with Crippen molar-refractivity contribution in [2.45, 2.75) is 12.8 Å². The molecule has 1 aromatic heterocycles. The van der Waals surface area contributed by atoms with Crippen molar-refractivity contribution in [3.63, 3.8) is 0 Å². The van der Waals surface area contributed by atoms with Gasteiger partial charge in [-0.25, -0.2) is 0 Å². The van der Waals surface area contributed by atoms with E-state index in [9.17, 15) is 10.1 Å². The number of nitriles is 1. The fourth-order valence-corrected chi connectivity index (χ4v) is 2.97. The zero-order chi connectivity index (χ0) is 18.5. The molecule has 2 N–H and O–H groups in total. The number of carbonyl (C=O) groups excluding carboxylic acids is 1. The van der Waals surface area contributed by atoms with Gasteiger partial charge in [0.2, 0.25) is 23.4 Å². The molecule has 2 heterocycles. The highest BCUT2D eigenvalue weighted by molar-refractivity contribution is 5.77. The Hall–Kier alpha value is -3.27. The summed E-state index contributed by atoms with van der Waals surface area (Å²) in [5, 5.41) is 9.34. The summed E-state index contributed by atoms with van der Waals surface area (Å²) < 4.78 is 11.0. The fraction of sp³-hybridized carbons (Fsp3) is 0.316. The highest BCUT2D eigenvalue weighted by Gasteiger charge is 2.27. The van der Waals surface area contributed by atoms with E-state index in [0.29, 0.717) is 37.7 Å². The number of oxazole rings is 1. The summed E-state index contributed by atoms with van der Waals surface area (Å²) in [6, 6.07) is 9.65. The van der Waals surface area contributed by atoms with Gasteiger partial charge in [-0.3, -0.25) is 4.79 Å². The van der Waals surface area contributed by atoms with Crippen molar-refractivity contribution in [2.24, 2.45) is 11.7 Å². The van der Waals surface area contributed by atoms with Crippen LogP contribution in [0.15, 0.2) is 28.7 Å². The lowest BCUT2D eigenvalue weighted by atomic mass is 9.96. The standard InChI is InChI=1S/C19H20N4O3/c1-25-15-4-2-3-13(11-15)5-6-17-22-16(12-20)19(26-17)23-9-7-14(8-10-23)18(21)24/h2-6,11,14H,7-10H2,1H3,(H2,21,24)/b6-5+. The minimum atomic E-state index is -0.273. The van der Waals surface area contributed by atoms with Gasteiger partial charge in [-0.2, -0.15) is 10.2 Å². The smallest absolute Gasteiger partial charge is 0.235 e. The Morgan fingerprint density at radius 3 is 2.85 bits per heavy atom. The number of amides is 1. The number of rotatable bonds is 5. The summed E-state index contributed by atoms with van der Waals surface area (Å²) in [6.45, 7) is 1.22. The third kappa shape index (κ3) is 3.86. The third-order valence-electron chi connectivity index (χ3n) is 4.43. The van der Waals surface area contributed by atoms with E-state index in [-0.39, 0.29) is 17.5 Å². The quantitative estimate of drug-likeness (QED) is 0.886. The molecule has 0 aliphatic carbocycles. The van der Waals surface area contributed by atoms with E-state index in [2.05, 4.69) is 11.1 Å². The molecule has 1 aliphatic heterocycles. The molecule has 0 bridgehead atoms. The molecule has 3 rings (SSSR count). The predicted molar refractivity (Wildman–Crippen MR) is 97.3 cm³/mol. The van der Waals surface area contributed by atoms with Crippen LogP contribution in [-0.4, -0.2) is 31.1 Å². The summed E-state index contributed by atoms with van der Waals surface area (Å²) in [7, 11) is 1.61. The molecule has 1 fully saturated rings. The molecule has 7 nitrogen and oxygen atoms in total. The molecular formula is C19H20N4O3. The number of ether oxygens (including phenoxy) is 1. The number of benzene rings is 1. The number of piperidine rings is 1. The molecule has 134 valence electrons. The molecule has 0 spiro atoms. The summed E-state index contributed by atoms with van der Waals surface area (Å²) in [5.74, 6) is 1.17. The second-order valence-corrected chi connectivity index (χ2v) is 6.09. The molecular weight excluding hydrogens is 332 g/mol. The Morgan fingerprint density at radius 2 is 2.19 bits per heavy atom. The van der Waals surface area contributed by atoms with Crippen molar-refractivity contribution < 1.29 is 13.9 Å². The summed E-state index contributed by atoms with van der Waals surface area (Å²) in [6.07, 6.45) is 4.86. The van der Waals surface area contributed by atoms with Gasteiger partial charge in [0.15, 0.2) is 0 Å². The van der Waals surface area contributed by atoms with Gasteiger partial charge in [-0.05, 0) is 36.6 Å². The minimum absolute atomic E-state index is 0.118. The van der Waals surface area contributed by atoms with E-state index in [4.69, 9.17) is 14.9 Å². The number of methoxy groups -OCH3 is 1.